The molecule has 0 bridgehead atoms. The molecule has 3 heterocycles. The van der Waals surface area contributed by atoms with Crippen molar-refractivity contribution in [1.82, 2.24) is 10.2 Å². The van der Waals surface area contributed by atoms with Gasteiger partial charge in [0.2, 0.25) is 0 Å². The monoisotopic (exact) mass is 298 g/mol. The van der Waals surface area contributed by atoms with Crippen LogP contribution in [0.1, 0.15) is 36.6 Å². The number of rotatable bonds is 1. The normalized spacial score (nSPS) is 23.4. The highest BCUT2D eigenvalue weighted by Gasteiger charge is 2.34. The van der Waals surface area contributed by atoms with Gasteiger partial charge in [-0.1, -0.05) is 30.4 Å². The first-order valence-electron chi connectivity index (χ1n) is 7.94. The standard InChI is InChI=1S/C17H22N2OSi/c1-21(2)11-15-14(10-18-19-15)13-9-12(6-7-17(13)21)16-5-3-4-8-20-16/h6-7,9-10,16H,3-5,8,11H2,1-2H3,(H,18,19). The van der Waals surface area contributed by atoms with Gasteiger partial charge in [-0.05, 0) is 42.5 Å². The largest absolute Gasteiger partial charge is 0.374 e. The third-order valence-corrected chi connectivity index (χ3v) is 8.08. The summed E-state index contributed by atoms with van der Waals surface area (Å²) in [7, 11) is -1.41. The van der Waals surface area contributed by atoms with Gasteiger partial charge in [-0.2, -0.15) is 5.10 Å². The van der Waals surface area contributed by atoms with Crippen LogP contribution in [0, 0.1) is 0 Å². The maximum Gasteiger partial charge on any atom is 0.0872 e. The average molecular weight is 298 g/mol. The van der Waals surface area contributed by atoms with Crippen LogP contribution in [0.3, 0.4) is 0 Å². The zero-order valence-electron chi connectivity index (χ0n) is 12.8. The number of nitrogens with zero attached hydrogens (tertiary/aromatic N) is 1. The summed E-state index contributed by atoms with van der Waals surface area (Å²) in [5.41, 5.74) is 5.36. The number of aromatic nitrogens is 2. The first-order chi connectivity index (χ1) is 10.1. The Hall–Kier alpha value is -1.39. The van der Waals surface area contributed by atoms with E-state index in [9.17, 15) is 0 Å². The van der Waals surface area contributed by atoms with Gasteiger partial charge >= 0.3 is 0 Å². The Kier molecular flexibility index (Phi) is 3.05. The van der Waals surface area contributed by atoms with Crippen molar-refractivity contribution >= 4 is 13.3 Å². The smallest absolute Gasteiger partial charge is 0.0872 e. The molecule has 2 aliphatic rings. The number of H-pyrrole nitrogens is 1. The van der Waals surface area contributed by atoms with E-state index < -0.39 is 8.07 Å². The molecular formula is C17H22N2OSi. The zero-order valence-corrected chi connectivity index (χ0v) is 13.8. The number of benzene rings is 1. The first-order valence-corrected chi connectivity index (χ1v) is 11.1. The summed E-state index contributed by atoms with van der Waals surface area (Å²) in [5, 5.41) is 9.05. The molecule has 0 aliphatic carbocycles. The van der Waals surface area contributed by atoms with Gasteiger partial charge in [-0.3, -0.25) is 5.10 Å². The number of aromatic amines is 1. The minimum absolute atomic E-state index is 0.283. The SMILES string of the molecule is C[Si]1(C)Cc2[nH]ncc2-c2cc(C3CCCCO3)ccc21. The summed E-state index contributed by atoms with van der Waals surface area (Å²) < 4.78 is 5.96. The number of nitrogens with one attached hydrogen (secondary N) is 1. The molecular weight excluding hydrogens is 276 g/mol. The highest BCUT2D eigenvalue weighted by Crippen LogP contribution is 2.35. The topological polar surface area (TPSA) is 37.9 Å². The summed E-state index contributed by atoms with van der Waals surface area (Å²) in [5.74, 6) is 0. The van der Waals surface area contributed by atoms with Crippen molar-refractivity contribution in [2.45, 2.75) is 44.5 Å². The summed E-state index contributed by atoms with van der Waals surface area (Å²) in [6.07, 6.45) is 5.90. The van der Waals surface area contributed by atoms with Crippen molar-refractivity contribution in [3.8, 4) is 11.1 Å². The van der Waals surface area contributed by atoms with Crippen molar-refractivity contribution in [2.24, 2.45) is 0 Å². The molecule has 1 unspecified atom stereocenters. The first kappa shape index (κ1) is 13.3. The van der Waals surface area contributed by atoms with Gasteiger partial charge in [0, 0.05) is 17.9 Å². The van der Waals surface area contributed by atoms with E-state index in [2.05, 4.69) is 41.5 Å². The second-order valence-corrected chi connectivity index (χ2v) is 11.6. The molecule has 1 N–H and O–H groups in total. The number of ether oxygens (including phenoxy) is 1. The van der Waals surface area contributed by atoms with Crippen LogP contribution in [0.15, 0.2) is 24.4 Å². The molecule has 0 saturated carbocycles. The molecule has 1 aromatic heterocycles. The Bertz CT molecular complexity index is 671. The van der Waals surface area contributed by atoms with Crippen LogP contribution in [0.2, 0.25) is 13.1 Å². The highest BCUT2D eigenvalue weighted by molar-refractivity contribution is 6.90. The fraction of sp³-hybridized carbons (Fsp3) is 0.471. The molecule has 3 nitrogen and oxygen atoms in total. The number of fused-ring (bicyclic) bond motifs is 3. The van der Waals surface area contributed by atoms with Gasteiger partial charge in [0.1, 0.15) is 0 Å². The quantitative estimate of drug-likeness (QED) is 0.820. The molecule has 110 valence electrons. The molecule has 1 saturated heterocycles. The van der Waals surface area contributed by atoms with E-state index in [1.165, 1.54) is 35.2 Å². The van der Waals surface area contributed by atoms with Gasteiger partial charge < -0.3 is 4.74 Å². The van der Waals surface area contributed by atoms with Crippen LogP contribution in [-0.4, -0.2) is 24.9 Å². The fourth-order valence-electron chi connectivity index (χ4n) is 3.80. The molecule has 1 fully saturated rings. The van der Waals surface area contributed by atoms with Crippen LogP contribution in [-0.2, 0) is 10.8 Å². The molecule has 2 aromatic rings. The van der Waals surface area contributed by atoms with Crippen molar-refractivity contribution < 1.29 is 4.74 Å². The average Bonchev–Trinajstić information content (AvgIpc) is 2.95. The Morgan fingerprint density at radius 2 is 2.14 bits per heavy atom. The molecule has 0 spiro atoms. The lowest BCUT2D eigenvalue weighted by Gasteiger charge is -2.32. The maximum atomic E-state index is 5.96. The Balaban J connectivity index is 1.82. The Morgan fingerprint density at radius 1 is 1.24 bits per heavy atom. The lowest BCUT2D eigenvalue weighted by atomic mass is 9.97. The molecule has 2 aliphatic heterocycles. The summed E-state index contributed by atoms with van der Waals surface area (Å²) in [6.45, 7) is 5.80. The molecule has 0 amide bonds. The second-order valence-electron chi connectivity index (χ2n) is 6.98. The predicted molar refractivity (Wildman–Crippen MR) is 87.4 cm³/mol. The van der Waals surface area contributed by atoms with Crippen LogP contribution >= 0.6 is 0 Å². The molecule has 4 rings (SSSR count). The Morgan fingerprint density at radius 3 is 2.95 bits per heavy atom. The Labute approximate surface area is 126 Å². The van der Waals surface area contributed by atoms with Crippen molar-refractivity contribution in [3.63, 3.8) is 0 Å². The van der Waals surface area contributed by atoms with Crippen molar-refractivity contribution in [1.29, 1.82) is 0 Å². The fourth-order valence-corrected chi connectivity index (χ4v) is 6.61. The summed E-state index contributed by atoms with van der Waals surface area (Å²) in [6, 6.07) is 8.20. The van der Waals surface area contributed by atoms with Gasteiger partial charge in [-0.15, -0.1) is 0 Å². The molecule has 1 atom stereocenters. The second kappa shape index (κ2) is 4.82. The highest BCUT2D eigenvalue weighted by atomic mass is 28.3. The summed E-state index contributed by atoms with van der Waals surface area (Å²) >= 11 is 0. The lowest BCUT2D eigenvalue weighted by Crippen LogP contribution is -2.47. The van der Waals surface area contributed by atoms with Crippen molar-refractivity contribution in [3.05, 3.63) is 35.7 Å². The third kappa shape index (κ3) is 2.17. The van der Waals surface area contributed by atoms with E-state index in [0.717, 1.165) is 19.1 Å². The van der Waals surface area contributed by atoms with Gasteiger partial charge in [0.25, 0.3) is 0 Å². The van der Waals surface area contributed by atoms with Crippen LogP contribution in [0.25, 0.3) is 11.1 Å². The maximum absolute atomic E-state index is 5.96. The number of hydrogen-bond acceptors (Lipinski definition) is 2. The minimum Gasteiger partial charge on any atom is -0.374 e. The van der Waals surface area contributed by atoms with E-state index >= 15 is 0 Å². The van der Waals surface area contributed by atoms with Crippen LogP contribution < -0.4 is 5.19 Å². The molecule has 21 heavy (non-hydrogen) atoms. The van der Waals surface area contributed by atoms with Crippen LogP contribution in [0.5, 0.6) is 0 Å². The van der Waals surface area contributed by atoms with Crippen molar-refractivity contribution in [2.75, 3.05) is 6.61 Å². The molecule has 1 aromatic carbocycles. The van der Waals surface area contributed by atoms with Gasteiger partial charge in [0.15, 0.2) is 0 Å². The summed E-state index contributed by atoms with van der Waals surface area (Å²) in [4.78, 5) is 0. The minimum atomic E-state index is -1.41. The third-order valence-electron chi connectivity index (χ3n) is 4.95. The lowest BCUT2D eigenvalue weighted by molar-refractivity contribution is 0.0150. The zero-order chi connectivity index (χ0) is 14.4. The number of hydrogen-bond donors (Lipinski definition) is 1. The van der Waals surface area contributed by atoms with Gasteiger partial charge in [0.05, 0.1) is 20.4 Å². The van der Waals surface area contributed by atoms with E-state index in [1.807, 2.05) is 6.20 Å². The van der Waals surface area contributed by atoms with Gasteiger partial charge in [-0.25, -0.2) is 0 Å². The predicted octanol–water partition coefficient (Wildman–Crippen LogP) is 3.33. The van der Waals surface area contributed by atoms with Crippen LogP contribution in [0.4, 0.5) is 0 Å². The van der Waals surface area contributed by atoms with E-state index in [-0.39, 0.29) is 6.10 Å². The van der Waals surface area contributed by atoms with E-state index in [4.69, 9.17) is 4.74 Å². The van der Waals surface area contributed by atoms with E-state index in [1.54, 1.807) is 5.19 Å². The molecule has 0 radical (unpaired) electrons. The van der Waals surface area contributed by atoms with E-state index in [0.29, 0.717) is 0 Å². The molecule has 4 heteroatoms.